The van der Waals surface area contributed by atoms with Crippen LogP contribution in [0.3, 0.4) is 0 Å². The molecular formula is C15H16N2O2S. The molecule has 1 heterocycles. The van der Waals surface area contributed by atoms with E-state index >= 15 is 0 Å². The maximum atomic E-state index is 12.0. The van der Waals surface area contributed by atoms with Crippen molar-refractivity contribution < 1.29 is 9.59 Å². The molecule has 0 aliphatic heterocycles. The summed E-state index contributed by atoms with van der Waals surface area (Å²) in [5, 5.41) is 7.35. The molecule has 2 N–H and O–H groups in total. The molecule has 0 saturated carbocycles. The van der Waals surface area contributed by atoms with Gasteiger partial charge in [0.2, 0.25) is 0 Å². The van der Waals surface area contributed by atoms with Gasteiger partial charge in [-0.1, -0.05) is 12.1 Å². The van der Waals surface area contributed by atoms with Crippen molar-refractivity contribution in [1.29, 1.82) is 0 Å². The Balaban J connectivity index is 1.96. The predicted molar refractivity (Wildman–Crippen MR) is 80.1 cm³/mol. The predicted octanol–water partition coefficient (Wildman–Crippen LogP) is 2.35. The SMILES string of the molecule is CNC(=O)c1ccc(CNC(=O)c2sccc2C)cc1. The van der Waals surface area contributed by atoms with Gasteiger partial charge in [-0.25, -0.2) is 0 Å². The zero-order chi connectivity index (χ0) is 14.5. The van der Waals surface area contributed by atoms with Gasteiger partial charge in [0.15, 0.2) is 0 Å². The summed E-state index contributed by atoms with van der Waals surface area (Å²) in [6.07, 6.45) is 0. The zero-order valence-corrected chi connectivity index (χ0v) is 12.2. The van der Waals surface area contributed by atoms with Crippen molar-refractivity contribution in [3.8, 4) is 0 Å². The summed E-state index contributed by atoms with van der Waals surface area (Å²) in [4.78, 5) is 24.1. The second-order valence-electron chi connectivity index (χ2n) is 4.39. The first-order chi connectivity index (χ1) is 9.61. The molecule has 0 spiro atoms. The van der Waals surface area contributed by atoms with Crippen LogP contribution in [-0.4, -0.2) is 18.9 Å². The van der Waals surface area contributed by atoms with Gasteiger partial charge in [-0.3, -0.25) is 9.59 Å². The van der Waals surface area contributed by atoms with Crippen LogP contribution in [0, 0.1) is 6.92 Å². The topological polar surface area (TPSA) is 58.2 Å². The second kappa shape index (κ2) is 6.34. The van der Waals surface area contributed by atoms with Gasteiger partial charge >= 0.3 is 0 Å². The van der Waals surface area contributed by atoms with Crippen LogP contribution in [0.4, 0.5) is 0 Å². The summed E-state index contributed by atoms with van der Waals surface area (Å²) >= 11 is 1.44. The summed E-state index contributed by atoms with van der Waals surface area (Å²) in [6, 6.07) is 9.10. The fourth-order valence-corrected chi connectivity index (χ4v) is 2.63. The van der Waals surface area contributed by atoms with Crippen LogP contribution in [-0.2, 0) is 6.54 Å². The number of hydrogen-bond acceptors (Lipinski definition) is 3. The Hall–Kier alpha value is -2.14. The standard InChI is InChI=1S/C15H16N2O2S/c1-10-7-8-20-13(10)15(19)17-9-11-3-5-12(6-4-11)14(18)16-2/h3-8H,9H2,1-2H3,(H,16,18)(H,17,19). The molecule has 1 aromatic heterocycles. The van der Waals surface area contributed by atoms with Gasteiger partial charge in [0.25, 0.3) is 11.8 Å². The molecule has 20 heavy (non-hydrogen) atoms. The Bertz CT molecular complexity index is 617. The third kappa shape index (κ3) is 3.24. The van der Waals surface area contributed by atoms with Crippen LogP contribution in [0.1, 0.15) is 31.2 Å². The number of nitrogens with one attached hydrogen (secondary N) is 2. The molecule has 2 rings (SSSR count). The average molecular weight is 288 g/mol. The Morgan fingerprint density at radius 3 is 2.35 bits per heavy atom. The van der Waals surface area contributed by atoms with Crippen molar-refractivity contribution in [3.63, 3.8) is 0 Å². The third-order valence-electron chi connectivity index (χ3n) is 2.96. The van der Waals surface area contributed by atoms with Gasteiger partial charge in [0.05, 0.1) is 4.88 Å². The lowest BCUT2D eigenvalue weighted by Crippen LogP contribution is -2.22. The van der Waals surface area contributed by atoms with Crippen LogP contribution in [0.2, 0.25) is 0 Å². The van der Waals surface area contributed by atoms with Crippen molar-refractivity contribution in [2.75, 3.05) is 7.05 Å². The van der Waals surface area contributed by atoms with Crippen LogP contribution < -0.4 is 10.6 Å². The number of rotatable bonds is 4. The Kier molecular flexibility index (Phi) is 4.53. The van der Waals surface area contributed by atoms with Crippen molar-refractivity contribution in [1.82, 2.24) is 10.6 Å². The molecular weight excluding hydrogens is 272 g/mol. The molecule has 5 heteroatoms. The number of aryl methyl sites for hydroxylation is 1. The molecule has 0 fully saturated rings. The van der Waals surface area contributed by atoms with Gasteiger partial charge < -0.3 is 10.6 Å². The molecule has 0 saturated heterocycles. The fraction of sp³-hybridized carbons (Fsp3) is 0.200. The summed E-state index contributed by atoms with van der Waals surface area (Å²) in [6.45, 7) is 2.37. The van der Waals surface area contributed by atoms with E-state index in [2.05, 4.69) is 10.6 Å². The van der Waals surface area contributed by atoms with Crippen molar-refractivity contribution in [3.05, 3.63) is 57.3 Å². The monoisotopic (exact) mass is 288 g/mol. The van der Waals surface area contributed by atoms with Crippen LogP contribution >= 0.6 is 11.3 Å². The van der Waals surface area contributed by atoms with Crippen LogP contribution in [0.25, 0.3) is 0 Å². The van der Waals surface area contributed by atoms with Gasteiger partial charge in [-0.2, -0.15) is 0 Å². The highest BCUT2D eigenvalue weighted by Crippen LogP contribution is 2.15. The highest BCUT2D eigenvalue weighted by atomic mass is 32.1. The third-order valence-corrected chi connectivity index (χ3v) is 3.98. The number of carbonyl (C=O) groups excluding carboxylic acids is 2. The maximum Gasteiger partial charge on any atom is 0.261 e. The Labute approximate surface area is 121 Å². The molecule has 4 nitrogen and oxygen atoms in total. The lowest BCUT2D eigenvalue weighted by molar-refractivity contribution is 0.0948. The molecule has 0 radical (unpaired) electrons. The van der Waals surface area contributed by atoms with E-state index in [1.165, 1.54) is 11.3 Å². The van der Waals surface area contributed by atoms with Gasteiger partial charge in [-0.15, -0.1) is 11.3 Å². The number of thiophene rings is 1. The van der Waals surface area contributed by atoms with Crippen molar-refractivity contribution >= 4 is 23.2 Å². The van der Waals surface area contributed by atoms with Crippen molar-refractivity contribution in [2.45, 2.75) is 13.5 Å². The average Bonchev–Trinajstić information content (AvgIpc) is 2.90. The van der Waals surface area contributed by atoms with Crippen LogP contribution in [0.5, 0.6) is 0 Å². The molecule has 1 aromatic carbocycles. The molecule has 0 aliphatic rings. The Morgan fingerprint density at radius 1 is 1.10 bits per heavy atom. The zero-order valence-electron chi connectivity index (χ0n) is 11.4. The summed E-state index contributed by atoms with van der Waals surface area (Å²) in [7, 11) is 1.60. The highest BCUT2D eigenvalue weighted by molar-refractivity contribution is 7.12. The minimum atomic E-state index is -0.116. The lowest BCUT2D eigenvalue weighted by atomic mass is 10.1. The summed E-state index contributed by atoms with van der Waals surface area (Å²) < 4.78 is 0. The quantitative estimate of drug-likeness (QED) is 0.907. The molecule has 104 valence electrons. The first kappa shape index (κ1) is 14.3. The Morgan fingerprint density at radius 2 is 1.80 bits per heavy atom. The molecule has 0 aliphatic carbocycles. The molecule has 0 atom stereocenters. The number of carbonyl (C=O) groups is 2. The molecule has 2 aromatic rings. The molecule has 0 unspecified atom stereocenters. The minimum absolute atomic E-state index is 0.0622. The van der Waals surface area contributed by atoms with E-state index < -0.39 is 0 Å². The van der Waals surface area contributed by atoms with E-state index in [-0.39, 0.29) is 11.8 Å². The smallest absolute Gasteiger partial charge is 0.261 e. The summed E-state index contributed by atoms with van der Waals surface area (Å²) in [5.41, 5.74) is 2.55. The first-order valence-electron chi connectivity index (χ1n) is 6.25. The molecule has 0 bridgehead atoms. The van der Waals surface area contributed by atoms with E-state index in [1.54, 1.807) is 19.2 Å². The maximum absolute atomic E-state index is 12.0. The van der Waals surface area contributed by atoms with Gasteiger partial charge in [0.1, 0.15) is 0 Å². The van der Waals surface area contributed by atoms with Gasteiger partial charge in [-0.05, 0) is 41.6 Å². The fourth-order valence-electron chi connectivity index (χ4n) is 1.79. The second-order valence-corrected chi connectivity index (χ2v) is 5.31. The van der Waals surface area contributed by atoms with E-state index in [9.17, 15) is 9.59 Å². The number of hydrogen-bond donors (Lipinski definition) is 2. The normalized spacial score (nSPS) is 10.1. The van der Waals surface area contributed by atoms with Crippen molar-refractivity contribution in [2.24, 2.45) is 0 Å². The minimum Gasteiger partial charge on any atom is -0.355 e. The van der Waals surface area contributed by atoms with E-state index in [0.29, 0.717) is 12.1 Å². The highest BCUT2D eigenvalue weighted by Gasteiger charge is 2.10. The van der Waals surface area contributed by atoms with E-state index in [0.717, 1.165) is 16.0 Å². The number of amides is 2. The summed E-state index contributed by atoms with van der Waals surface area (Å²) in [5.74, 6) is -0.178. The molecule has 2 amide bonds. The van der Waals surface area contributed by atoms with E-state index in [1.807, 2.05) is 30.5 Å². The van der Waals surface area contributed by atoms with Crippen LogP contribution in [0.15, 0.2) is 35.7 Å². The largest absolute Gasteiger partial charge is 0.355 e. The van der Waals surface area contributed by atoms with Gasteiger partial charge in [0, 0.05) is 19.2 Å². The first-order valence-corrected chi connectivity index (χ1v) is 7.13. The van der Waals surface area contributed by atoms with E-state index in [4.69, 9.17) is 0 Å². The number of benzene rings is 1. The lowest BCUT2D eigenvalue weighted by Gasteiger charge is -2.06.